The SMILES string of the molecule is CCOCOc1ccc(CO[Si](C(C)C)(C(C)C)C(C)C)cc1. The predicted molar refractivity (Wildman–Crippen MR) is 99.4 cm³/mol. The van der Waals surface area contributed by atoms with Crippen LogP contribution in [0.4, 0.5) is 0 Å². The Morgan fingerprint density at radius 1 is 0.870 bits per heavy atom. The van der Waals surface area contributed by atoms with Gasteiger partial charge in [0, 0.05) is 6.61 Å². The lowest BCUT2D eigenvalue weighted by atomic mass is 10.2. The fraction of sp³-hybridized carbons (Fsp3) is 0.684. The van der Waals surface area contributed by atoms with Gasteiger partial charge in [-0.2, -0.15) is 0 Å². The molecule has 0 saturated heterocycles. The van der Waals surface area contributed by atoms with E-state index in [-0.39, 0.29) is 0 Å². The molecule has 0 heterocycles. The zero-order chi connectivity index (χ0) is 17.5. The minimum atomic E-state index is -1.80. The van der Waals surface area contributed by atoms with Crippen molar-refractivity contribution < 1.29 is 13.9 Å². The number of hydrogen-bond acceptors (Lipinski definition) is 3. The summed E-state index contributed by atoms with van der Waals surface area (Å²) < 4.78 is 17.3. The fourth-order valence-electron chi connectivity index (χ4n) is 3.58. The number of benzene rings is 1. The van der Waals surface area contributed by atoms with Crippen LogP contribution in [0.2, 0.25) is 16.6 Å². The maximum Gasteiger partial charge on any atom is 0.200 e. The van der Waals surface area contributed by atoms with Gasteiger partial charge in [-0.3, -0.25) is 0 Å². The molecule has 3 nitrogen and oxygen atoms in total. The molecule has 0 N–H and O–H groups in total. The summed E-state index contributed by atoms with van der Waals surface area (Å²) in [6, 6.07) is 8.14. The Morgan fingerprint density at radius 3 is 1.83 bits per heavy atom. The van der Waals surface area contributed by atoms with Crippen LogP contribution in [0.3, 0.4) is 0 Å². The third-order valence-corrected chi connectivity index (χ3v) is 10.7. The largest absolute Gasteiger partial charge is 0.468 e. The molecule has 1 aromatic carbocycles. The zero-order valence-electron chi connectivity index (χ0n) is 15.9. The van der Waals surface area contributed by atoms with Crippen molar-refractivity contribution in [3.63, 3.8) is 0 Å². The van der Waals surface area contributed by atoms with Crippen molar-refractivity contribution in [2.45, 2.75) is 71.7 Å². The summed E-state index contributed by atoms with van der Waals surface area (Å²) in [5.41, 5.74) is 3.02. The predicted octanol–water partition coefficient (Wildman–Crippen LogP) is 5.75. The summed E-state index contributed by atoms with van der Waals surface area (Å²) in [6.45, 7) is 17.5. The second kappa shape index (κ2) is 9.45. The Hall–Kier alpha value is -0.843. The topological polar surface area (TPSA) is 27.7 Å². The van der Waals surface area contributed by atoms with Crippen molar-refractivity contribution in [3.8, 4) is 5.75 Å². The summed E-state index contributed by atoms with van der Waals surface area (Å²) in [7, 11) is -1.80. The number of rotatable bonds is 10. The normalized spacial score (nSPS) is 12.4. The van der Waals surface area contributed by atoms with E-state index in [1.54, 1.807) is 0 Å². The summed E-state index contributed by atoms with van der Waals surface area (Å²) >= 11 is 0. The van der Waals surface area contributed by atoms with Crippen LogP contribution in [0.1, 0.15) is 54.0 Å². The molecule has 0 amide bonds. The zero-order valence-corrected chi connectivity index (χ0v) is 16.9. The van der Waals surface area contributed by atoms with Gasteiger partial charge in [-0.15, -0.1) is 0 Å². The van der Waals surface area contributed by atoms with Crippen LogP contribution < -0.4 is 4.74 Å². The van der Waals surface area contributed by atoms with Crippen molar-refractivity contribution in [3.05, 3.63) is 29.8 Å². The lowest BCUT2D eigenvalue weighted by Crippen LogP contribution is -2.47. The van der Waals surface area contributed by atoms with Gasteiger partial charge < -0.3 is 13.9 Å². The fourth-order valence-corrected chi connectivity index (χ4v) is 9.00. The molecule has 0 aliphatic carbocycles. The maximum absolute atomic E-state index is 6.61. The van der Waals surface area contributed by atoms with Crippen LogP contribution in [0.15, 0.2) is 24.3 Å². The third-order valence-electron chi connectivity index (χ3n) is 4.63. The summed E-state index contributed by atoms with van der Waals surface area (Å²) in [5, 5.41) is 0. The molecule has 0 bridgehead atoms. The number of hydrogen-bond donors (Lipinski definition) is 0. The Labute approximate surface area is 143 Å². The first-order valence-electron chi connectivity index (χ1n) is 8.78. The lowest BCUT2D eigenvalue weighted by Gasteiger charge is -2.42. The standard InChI is InChI=1S/C19H34O3Si/c1-8-20-14-21-19-11-9-18(10-12-19)13-22-23(15(2)3,16(4)5)17(6)7/h9-12,15-17H,8,13-14H2,1-7H3. The van der Waals surface area contributed by atoms with E-state index in [1.807, 2.05) is 19.1 Å². The smallest absolute Gasteiger partial charge is 0.200 e. The Bertz CT molecular complexity index is 419. The van der Waals surface area contributed by atoms with Crippen molar-refractivity contribution in [2.24, 2.45) is 0 Å². The van der Waals surface area contributed by atoms with Gasteiger partial charge in [0.2, 0.25) is 8.32 Å². The molecule has 132 valence electrons. The highest BCUT2D eigenvalue weighted by Crippen LogP contribution is 2.42. The molecule has 0 fully saturated rings. The van der Waals surface area contributed by atoms with Crippen molar-refractivity contribution in [1.82, 2.24) is 0 Å². The van der Waals surface area contributed by atoms with Crippen LogP contribution in [-0.2, 0) is 15.8 Å². The van der Waals surface area contributed by atoms with Gasteiger partial charge in [-0.05, 0) is 41.2 Å². The summed E-state index contributed by atoms with van der Waals surface area (Å²) in [4.78, 5) is 0. The van der Waals surface area contributed by atoms with E-state index in [2.05, 4.69) is 53.7 Å². The molecular formula is C19H34O3Si. The Kier molecular flexibility index (Phi) is 8.30. The van der Waals surface area contributed by atoms with Gasteiger partial charge in [-0.25, -0.2) is 0 Å². The van der Waals surface area contributed by atoms with Crippen LogP contribution in [0, 0.1) is 0 Å². The molecule has 0 unspecified atom stereocenters. The van der Waals surface area contributed by atoms with E-state index in [4.69, 9.17) is 13.9 Å². The molecule has 0 radical (unpaired) electrons. The number of ether oxygens (including phenoxy) is 2. The van der Waals surface area contributed by atoms with E-state index in [0.717, 1.165) is 5.75 Å². The van der Waals surface area contributed by atoms with Gasteiger partial charge in [0.15, 0.2) is 6.79 Å². The second-order valence-corrected chi connectivity index (χ2v) is 12.5. The van der Waals surface area contributed by atoms with Crippen molar-refractivity contribution >= 4 is 8.32 Å². The van der Waals surface area contributed by atoms with Crippen LogP contribution >= 0.6 is 0 Å². The molecule has 0 atom stereocenters. The molecule has 0 aromatic heterocycles. The van der Waals surface area contributed by atoms with Crippen LogP contribution in [0.25, 0.3) is 0 Å². The Balaban J connectivity index is 2.71. The molecule has 0 aliphatic heterocycles. The monoisotopic (exact) mass is 338 g/mol. The van der Waals surface area contributed by atoms with E-state index in [0.29, 0.717) is 36.6 Å². The van der Waals surface area contributed by atoms with Crippen molar-refractivity contribution in [2.75, 3.05) is 13.4 Å². The molecule has 1 aromatic rings. The van der Waals surface area contributed by atoms with Gasteiger partial charge in [0.1, 0.15) is 5.75 Å². The van der Waals surface area contributed by atoms with E-state index in [1.165, 1.54) is 5.56 Å². The first-order chi connectivity index (χ1) is 10.8. The molecule has 23 heavy (non-hydrogen) atoms. The van der Waals surface area contributed by atoms with Gasteiger partial charge >= 0.3 is 0 Å². The van der Waals surface area contributed by atoms with E-state index in [9.17, 15) is 0 Å². The minimum absolute atomic E-state index is 0.302. The van der Waals surface area contributed by atoms with Gasteiger partial charge in [0.05, 0.1) is 6.61 Å². The van der Waals surface area contributed by atoms with Crippen molar-refractivity contribution in [1.29, 1.82) is 0 Å². The molecule has 4 heteroatoms. The summed E-state index contributed by atoms with van der Waals surface area (Å²) in [6.07, 6.45) is 0. The van der Waals surface area contributed by atoms with Crippen LogP contribution in [-0.4, -0.2) is 21.7 Å². The lowest BCUT2D eigenvalue weighted by molar-refractivity contribution is 0.0224. The van der Waals surface area contributed by atoms with Crippen LogP contribution in [0.5, 0.6) is 5.75 Å². The first-order valence-corrected chi connectivity index (χ1v) is 10.9. The minimum Gasteiger partial charge on any atom is -0.468 e. The quantitative estimate of drug-likeness (QED) is 0.309. The molecule has 0 spiro atoms. The third kappa shape index (κ3) is 5.33. The average molecular weight is 339 g/mol. The van der Waals surface area contributed by atoms with Gasteiger partial charge in [-0.1, -0.05) is 53.7 Å². The summed E-state index contributed by atoms with van der Waals surface area (Å²) in [5.74, 6) is 0.835. The molecule has 1 rings (SSSR count). The first kappa shape index (κ1) is 20.2. The maximum atomic E-state index is 6.61. The van der Waals surface area contributed by atoms with Gasteiger partial charge in [0.25, 0.3) is 0 Å². The average Bonchev–Trinajstić information content (AvgIpc) is 2.48. The van der Waals surface area contributed by atoms with E-state index >= 15 is 0 Å². The molecular weight excluding hydrogens is 304 g/mol. The second-order valence-electron chi connectivity index (χ2n) is 7.01. The molecule has 0 aliphatic rings. The highest BCUT2D eigenvalue weighted by molar-refractivity contribution is 6.77. The van der Waals surface area contributed by atoms with E-state index < -0.39 is 8.32 Å². The highest BCUT2D eigenvalue weighted by Gasteiger charge is 2.44. The highest BCUT2D eigenvalue weighted by atomic mass is 28.4. The Morgan fingerprint density at radius 2 is 1.39 bits per heavy atom. The molecule has 0 saturated carbocycles.